The molecule has 0 aromatic carbocycles. The van der Waals surface area contributed by atoms with Crippen LogP contribution in [0.1, 0.15) is 113 Å². The SMILES string of the molecule is CC(C)C[C@@H]1NC(=O)[C@H](C)NC(=O)[C@H](C)NC(=O)[C@H](CC(C)C)NC(=O)[C@H](CC(=O)O)NC(=O)[C@H]([C@@H](C)O)NC(=O)[C@H](CCCN=C(N)N)NC(=O)[C@@H]2CCCN2C(=O)[C@H]2CCCN2C(=O)[C@H](C)NC1=O. The number of aliphatic hydroxyl groups excluding tert-OH is 1. The van der Waals surface area contributed by atoms with Gasteiger partial charge in [0.25, 0.3) is 0 Å². The van der Waals surface area contributed by atoms with E-state index in [9.17, 15) is 63.0 Å². The second-order valence-corrected chi connectivity index (χ2v) is 19.3. The van der Waals surface area contributed by atoms with E-state index in [4.69, 9.17) is 11.5 Å². The number of guanidine groups is 1. The highest BCUT2D eigenvalue weighted by atomic mass is 16.4. The molecule has 26 nitrogen and oxygen atoms in total. The summed E-state index contributed by atoms with van der Waals surface area (Å²) >= 11 is 0. The molecular formula is C45H75N13O13. The molecule has 3 saturated heterocycles. The zero-order valence-corrected chi connectivity index (χ0v) is 41.9. The largest absolute Gasteiger partial charge is 0.481 e. The quantitative estimate of drug-likeness (QED) is 0.0532. The van der Waals surface area contributed by atoms with E-state index in [0.717, 1.165) is 6.92 Å². The van der Waals surface area contributed by atoms with Crippen molar-refractivity contribution in [2.45, 2.75) is 180 Å². The fourth-order valence-corrected chi connectivity index (χ4v) is 8.51. The van der Waals surface area contributed by atoms with Crippen LogP contribution in [0.25, 0.3) is 0 Å². The Balaban J connectivity index is 2.08. The van der Waals surface area contributed by atoms with Gasteiger partial charge in [0.15, 0.2) is 5.96 Å². The minimum atomic E-state index is -1.88. The van der Waals surface area contributed by atoms with E-state index in [1.807, 2.05) is 13.8 Å². The lowest BCUT2D eigenvalue weighted by molar-refractivity contribution is -0.148. The van der Waals surface area contributed by atoms with Crippen LogP contribution in [0.2, 0.25) is 0 Å². The summed E-state index contributed by atoms with van der Waals surface area (Å²) in [4.78, 5) is 157. The lowest BCUT2D eigenvalue weighted by atomic mass is 10.0. The first-order valence-corrected chi connectivity index (χ1v) is 24.2. The summed E-state index contributed by atoms with van der Waals surface area (Å²) in [6.45, 7) is 12.6. The van der Waals surface area contributed by atoms with Gasteiger partial charge in [-0.2, -0.15) is 0 Å². The second kappa shape index (κ2) is 27.1. The number of aliphatic carboxylic acids is 1. The molecular weight excluding hydrogens is 931 g/mol. The second-order valence-electron chi connectivity index (χ2n) is 19.3. The molecule has 3 heterocycles. The maximum atomic E-state index is 14.3. The van der Waals surface area contributed by atoms with E-state index >= 15 is 0 Å². The monoisotopic (exact) mass is 1010 g/mol. The number of carboxylic acids is 1. The summed E-state index contributed by atoms with van der Waals surface area (Å²) in [7, 11) is 0. The van der Waals surface area contributed by atoms with Crippen molar-refractivity contribution in [3.8, 4) is 0 Å². The van der Waals surface area contributed by atoms with E-state index in [2.05, 4.69) is 47.5 Å². The van der Waals surface area contributed by atoms with Gasteiger partial charge in [0.2, 0.25) is 59.1 Å². The van der Waals surface area contributed by atoms with E-state index < -0.39 is 138 Å². The van der Waals surface area contributed by atoms with E-state index in [0.29, 0.717) is 12.8 Å². The van der Waals surface area contributed by atoms with E-state index in [-0.39, 0.29) is 76.0 Å². The van der Waals surface area contributed by atoms with Crippen LogP contribution in [0, 0.1) is 11.8 Å². The van der Waals surface area contributed by atoms with Gasteiger partial charge < -0.3 is 74.0 Å². The van der Waals surface area contributed by atoms with Crippen LogP contribution >= 0.6 is 0 Å². The minimum Gasteiger partial charge on any atom is -0.481 e. The van der Waals surface area contributed by atoms with Gasteiger partial charge >= 0.3 is 5.97 Å². The van der Waals surface area contributed by atoms with Crippen LogP contribution in [-0.4, -0.2) is 177 Å². The number of hydrogen-bond acceptors (Lipinski definition) is 13. The highest BCUT2D eigenvalue weighted by Crippen LogP contribution is 2.26. The number of amides is 10. The van der Waals surface area contributed by atoms with Crippen molar-refractivity contribution in [3.05, 3.63) is 0 Å². The molecule has 0 spiro atoms. The Morgan fingerprint density at radius 2 is 1.01 bits per heavy atom. The Labute approximate surface area is 413 Å². The first kappa shape index (κ1) is 58.7. The molecule has 0 radical (unpaired) electrons. The van der Waals surface area contributed by atoms with Crippen molar-refractivity contribution in [2.24, 2.45) is 28.3 Å². The Morgan fingerprint density at radius 3 is 1.54 bits per heavy atom. The topological polar surface area (TPSA) is 395 Å². The number of aliphatic imine (C=N–C) groups is 1. The number of nitrogens with one attached hydrogen (secondary N) is 8. The molecule has 0 aliphatic carbocycles. The number of aliphatic hydroxyl groups is 1. The molecule has 0 bridgehead atoms. The predicted molar refractivity (Wildman–Crippen MR) is 255 cm³/mol. The summed E-state index contributed by atoms with van der Waals surface area (Å²) < 4.78 is 0. The highest BCUT2D eigenvalue weighted by molar-refractivity contribution is 6.00. The molecule has 3 rings (SSSR count). The zero-order valence-electron chi connectivity index (χ0n) is 41.9. The molecule has 0 aromatic rings. The molecule has 0 aromatic heterocycles. The average molecular weight is 1010 g/mol. The number of nitrogens with zero attached hydrogens (tertiary/aromatic N) is 3. The third-order valence-electron chi connectivity index (χ3n) is 12.2. The van der Waals surface area contributed by atoms with E-state index in [1.54, 1.807) is 13.8 Å². The smallest absolute Gasteiger partial charge is 0.305 e. The molecule has 11 atom stereocenters. The third kappa shape index (κ3) is 17.6. The first-order valence-electron chi connectivity index (χ1n) is 24.2. The molecule has 0 saturated carbocycles. The molecule has 3 aliphatic heterocycles. The van der Waals surface area contributed by atoms with Crippen LogP contribution in [0.15, 0.2) is 4.99 Å². The molecule has 0 unspecified atom stereocenters. The molecule has 71 heavy (non-hydrogen) atoms. The minimum absolute atomic E-state index is 0.0148. The molecule has 10 amide bonds. The number of carbonyl (C=O) groups excluding carboxylic acids is 10. The van der Waals surface area contributed by atoms with Gasteiger partial charge in [-0.1, -0.05) is 27.7 Å². The molecule has 3 fully saturated rings. The number of carboxylic acid groups (broad SMARTS) is 1. The summed E-state index contributed by atoms with van der Waals surface area (Å²) in [6, 6.07) is -13.5. The summed E-state index contributed by atoms with van der Waals surface area (Å²) in [6.07, 6.45) is -1.34. The standard InChI is InChI=1S/C45H75N13O13/c1-21(2)18-28-39(66)51-25(7)43(70)58-17-11-14-32(58)44(71)57-16-10-13-31(57)41(68)52-27(12-9-15-48-45(46)47)37(64)56-34(26(8)59)42(69)55-30(20-33(60)61)40(67)54-29(19-22(3)4)38(65)50-23(5)35(62)49-24(6)36(63)53-28/h21-32,34,59H,9-20H2,1-8H3,(H,49,62)(H,50,65)(H,51,66)(H,52,68)(H,53,63)(H,54,67)(H,55,69)(H,56,64)(H,60,61)(H4,46,47,48)/t23-,24-,25-,26+,27-,28-,29-,30-,31-,32+,34-/m0/s1. The lowest BCUT2D eigenvalue weighted by Crippen LogP contribution is -2.62. The normalized spacial score (nSPS) is 29.1. The Kier molecular flexibility index (Phi) is 22.4. The van der Waals surface area contributed by atoms with Gasteiger partial charge in [-0.3, -0.25) is 57.7 Å². The van der Waals surface area contributed by atoms with Crippen LogP contribution in [0.3, 0.4) is 0 Å². The third-order valence-corrected chi connectivity index (χ3v) is 12.2. The first-order chi connectivity index (χ1) is 33.2. The van der Waals surface area contributed by atoms with Crippen LogP contribution in [0.5, 0.6) is 0 Å². The van der Waals surface area contributed by atoms with Crippen LogP contribution < -0.4 is 54.0 Å². The summed E-state index contributed by atoms with van der Waals surface area (Å²) in [5, 5.41) is 40.4. The molecule has 26 heteroatoms. The Bertz CT molecular complexity index is 2010. The lowest BCUT2D eigenvalue weighted by Gasteiger charge is -2.33. The van der Waals surface area contributed by atoms with E-state index in [1.165, 1.54) is 30.6 Å². The average Bonchev–Trinajstić information content (AvgIpc) is 3.98. The zero-order chi connectivity index (χ0) is 53.4. The molecule has 14 N–H and O–H groups in total. The summed E-state index contributed by atoms with van der Waals surface area (Å²) in [5.74, 6) is -10.5. The van der Waals surface area contributed by atoms with Gasteiger partial charge in [-0.05, 0) is 90.9 Å². The van der Waals surface area contributed by atoms with Crippen molar-refractivity contribution in [3.63, 3.8) is 0 Å². The number of fused-ring (bicyclic) bond motifs is 2. The molecule has 3 aliphatic rings. The van der Waals surface area contributed by atoms with Gasteiger partial charge in [-0.25, -0.2) is 0 Å². The fourth-order valence-electron chi connectivity index (χ4n) is 8.51. The maximum absolute atomic E-state index is 14.3. The summed E-state index contributed by atoms with van der Waals surface area (Å²) in [5.41, 5.74) is 10.9. The van der Waals surface area contributed by atoms with Gasteiger partial charge in [0.05, 0.1) is 12.5 Å². The van der Waals surface area contributed by atoms with Crippen LogP contribution in [-0.2, 0) is 52.7 Å². The van der Waals surface area contributed by atoms with Gasteiger partial charge in [0, 0.05) is 19.6 Å². The van der Waals surface area contributed by atoms with Crippen molar-refractivity contribution in [2.75, 3.05) is 19.6 Å². The number of nitrogens with two attached hydrogens (primary N) is 2. The number of rotatable bonds is 11. The van der Waals surface area contributed by atoms with Gasteiger partial charge in [-0.15, -0.1) is 0 Å². The predicted octanol–water partition coefficient (Wildman–Crippen LogP) is -4.08. The van der Waals surface area contributed by atoms with Crippen molar-refractivity contribution >= 4 is 71.0 Å². The number of carbonyl (C=O) groups is 11. The maximum Gasteiger partial charge on any atom is 0.305 e. The van der Waals surface area contributed by atoms with Crippen LogP contribution in [0.4, 0.5) is 0 Å². The Hall–Kier alpha value is -6.60. The van der Waals surface area contributed by atoms with Crippen molar-refractivity contribution in [1.82, 2.24) is 52.3 Å². The Morgan fingerprint density at radius 1 is 0.577 bits per heavy atom. The molecule has 398 valence electrons. The fraction of sp³-hybridized carbons (Fsp3) is 0.733. The highest BCUT2D eigenvalue weighted by Gasteiger charge is 2.44. The van der Waals surface area contributed by atoms with Crippen molar-refractivity contribution < 1.29 is 63.0 Å². The van der Waals surface area contributed by atoms with Crippen molar-refractivity contribution in [1.29, 1.82) is 0 Å². The van der Waals surface area contributed by atoms with Gasteiger partial charge in [0.1, 0.15) is 60.4 Å². The number of hydrogen-bond donors (Lipinski definition) is 12.